The van der Waals surface area contributed by atoms with Gasteiger partial charge in [-0.2, -0.15) is 5.26 Å². The zero-order valence-corrected chi connectivity index (χ0v) is 14.8. The van der Waals surface area contributed by atoms with Gasteiger partial charge in [0.2, 0.25) is 5.91 Å². The summed E-state index contributed by atoms with van der Waals surface area (Å²) in [7, 11) is 1.78. The number of pyridine rings is 1. The molecule has 1 aliphatic rings. The predicted octanol–water partition coefficient (Wildman–Crippen LogP) is 3.28. The minimum absolute atomic E-state index is 0.0606. The van der Waals surface area contributed by atoms with Crippen molar-refractivity contribution in [1.29, 1.82) is 5.26 Å². The third kappa shape index (κ3) is 3.01. The van der Waals surface area contributed by atoms with Crippen LogP contribution < -0.4 is 15.1 Å². The number of fused-ring (bicyclic) bond motifs is 1. The maximum atomic E-state index is 12.5. The van der Waals surface area contributed by atoms with Crippen LogP contribution in [-0.2, 0) is 4.79 Å². The summed E-state index contributed by atoms with van der Waals surface area (Å²) in [5, 5.41) is 12.3. The highest BCUT2D eigenvalue weighted by Gasteiger charge is 2.35. The first-order chi connectivity index (χ1) is 11.9. The minimum Gasteiger partial charge on any atom is -0.355 e. The molecule has 0 aliphatic carbocycles. The molecule has 1 aromatic carbocycles. The first-order valence-corrected chi connectivity index (χ1v) is 8.25. The summed E-state index contributed by atoms with van der Waals surface area (Å²) in [6, 6.07) is 11.3. The van der Waals surface area contributed by atoms with Crippen molar-refractivity contribution in [3.05, 3.63) is 42.1 Å². The van der Waals surface area contributed by atoms with Crippen molar-refractivity contribution in [1.82, 2.24) is 4.98 Å². The second-order valence-corrected chi connectivity index (χ2v) is 6.45. The molecule has 128 valence electrons. The lowest BCUT2D eigenvalue weighted by molar-refractivity contribution is -0.119. The molecular weight excluding hydrogens is 314 g/mol. The molecule has 1 N–H and O–H groups in total. The van der Waals surface area contributed by atoms with E-state index >= 15 is 0 Å². The number of amides is 1. The number of hydrogen-bond donors (Lipinski definition) is 1. The van der Waals surface area contributed by atoms with Crippen molar-refractivity contribution in [2.75, 3.05) is 22.2 Å². The second-order valence-electron chi connectivity index (χ2n) is 6.45. The lowest BCUT2D eigenvalue weighted by Gasteiger charge is -2.42. The lowest BCUT2D eigenvalue weighted by atomic mass is 10.1. The number of rotatable bonds is 3. The van der Waals surface area contributed by atoms with E-state index in [0.29, 0.717) is 11.4 Å². The van der Waals surface area contributed by atoms with E-state index in [1.54, 1.807) is 30.3 Å². The van der Waals surface area contributed by atoms with E-state index in [2.05, 4.69) is 35.1 Å². The van der Waals surface area contributed by atoms with E-state index in [4.69, 9.17) is 5.26 Å². The molecule has 1 aromatic heterocycles. The maximum Gasteiger partial charge on any atom is 0.249 e. The van der Waals surface area contributed by atoms with Gasteiger partial charge in [0.25, 0.3) is 0 Å². The Morgan fingerprint density at radius 3 is 2.72 bits per heavy atom. The normalized spacial score (nSPS) is 16.6. The van der Waals surface area contributed by atoms with Crippen LogP contribution in [-0.4, -0.2) is 30.0 Å². The van der Waals surface area contributed by atoms with Crippen molar-refractivity contribution in [3.63, 3.8) is 0 Å². The molecule has 1 atom stereocenters. The van der Waals surface area contributed by atoms with Crippen LogP contribution in [0.1, 0.15) is 26.3 Å². The van der Waals surface area contributed by atoms with E-state index in [0.717, 1.165) is 17.1 Å². The fourth-order valence-corrected chi connectivity index (χ4v) is 3.24. The molecule has 0 bridgehead atoms. The number of anilines is 4. The smallest absolute Gasteiger partial charge is 0.249 e. The fourth-order valence-electron chi connectivity index (χ4n) is 3.24. The minimum atomic E-state index is -0.227. The quantitative estimate of drug-likeness (QED) is 0.932. The van der Waals surface area contributed by atoms with Crippen molar-refractivity contribution < 1.29 is 4.79 Å². The highest BCUT2D eigenvalue weighted by Crippen LogP contribution is 2.37. The van der Waals surface area contributed by atoms with Gasteiger partial charge in [0.05, 0.1) is 29.2 Å². The Hall–Kier alpha value is -3.07. The Morgan fingerprint density at radius 2 is 2.04 bits per heavy atom. The van der Waals surface area contributed by atoms with Crippen molar-refractivity contribution in [2.45, 2.75) is 32.9 Å². The number of carbonyl (C=O) groups is 1. The molecule has 1 aliphatic heterocycles. The Morgan fingerprint density at radius 1 is 1.28 bits per heavy atom. The maximum absolute atomic E-state index is 12.5. The number of nitriles is 1. The molecule has 1 amide bonds. The topological polar surface area (TPSA) is 72.3 Å². The zero-order valence-electron chi connectivity index (χ0n) is 14.8. The van der Waals surface area contributed by atoms with Gasteiger partial charge in [-0.15, -0.1) is 0 Å². The lowest BCUT2D eigenvalue weighted by Crippen LogP contribution is -2.53. The largest absolute Gasteiger partial charge is 0.355 e. The third-order valence-corrected chi connectivity index (χ3v) is 4.43. The van der Waals surface area contributed by atoms with Gasteiger partial charge in [-0.25, -0.2) is 4.98 Å². The van der Waals surface area contributed by atoms with Gasteiger partial charge < -0.3 is 15.1 Å². The Labute approximate surface area is 147 Å². The van der Waals surface area contributed by atoms with Gasteiger partial charge in [-0.3, -0.25) is 4.79 Å². The van der Waals surface area contributed by atoms with E-state index in [-0.39, 0.29) is 18.0 Å². The first-order valence-electron chi connectivity index (χ1n) is 8.25. The number of nitrogens with one attached hydrogen (secondary N) is 1. The number of hydrogen-bond acceptors (Lipinski definition) is 5. The number of nitrogens with zero attached hydrogens (tertiary/aromatic N) is 4. The van der Waals surface area contributed by atoms with Crippen LogP contribution in [0, 0.1) is 11.3 Å². The summed E-state index contributed by atoms with van der Waals surface area (Å²) in [4.78, 5) is 20.7. The summed E-state index contributed by atoms with van der Waals surface area (Å²) >= 11 is 0. The van der Waals surface area contributed by atoms with Crippen LogP contribution in [0.3, 0.4) is 0 Å². The van der Waals surface area contributed by atoms with Crippen LogP contribution in [0.25, 0.3) is 0 Å². The van der Waals surface area contributed by atoms with Gasteiger partial charge in [-0.1, -0.05) is 6.07 Å². The molecule has 6 nitrogen and oxygen atoms in total. The molecule has 0 spiro atoms. The zero-order chi connectivity index (χ0) is 18.1. The van der Waals surface area contributed by atoms with Gasteiger partial charge >= 0.3 is 0 Å². The molecule has 0 saturated carbocycles. The molecule has 0 radical (unpaired) electrons. The Bertz CT molecular complexity index is 855. The van der Waals surface area contributed by atoms with Crippen molar-refractivity contribution >= 4 is 28.8 Å². The van der Waals surface area contributed by atoms with Crippen LogP contribution in [0.2, 0.25) is 0 Å². The first kappa shape index (κ1) is 16.8. The second kappa shape index (κ2) is 6.44. The molecular formula is C19H21N5O. The number of benzene rings is 1. The Kier molecular flexibility index (Phi) is 4.32. The van der Waals surface area contributed by atoms with Gasteiger partial charge in [0.1, 0.15) is 11.9 Å². The van der Waals surface area contributed by atoms with Crippen molar-refractivity contribution in [3.8, 4) is 6.07 Å². The highest BCUT2D eigenvalue weighted by atomic mass is 16.2. The molecule has 2 heterocycles. The van der Waals surface area contributed by atoms with Crippen LogP contribution in [0.15, 0.2) is 36.5 Å². The summed E-state index contributed by atoms with van der Waals surface area (Å²) in [6.45, 7) is 6.07. The summed E-state index contributed by atoms with van der Waals surface area (Å²) < 4.78 is 0. The number of likely N-dealkylation sites (N-methyl/N-ethyl adjacent to an activating group) is 1. The van der Waals surface area contributed by atoms with E-state index < -0.39 is 0 Å². The highest BCUT2D eigenvalue weighted by molar-refractivity contribution is 6.05. The SMILES string of the molecule is CC(C)N1c2cc(Nc3cccc(C#N)c3)ncc2N(C)C(=O)C1C. The summed E-state index contributed by atoms with van der Waals surface area (Å²) in [5.74, 6) is 0.736. The fraction of sp³-hybridized carbons (Fsp3) is 0.316. The molecule has 3 rings (SSSR count). The van der Waals surface area contributed by atoms with Gasteiger partial charge in [0, 0.05) is 24.8 Å². The van der Waals surface area contributed by atoms with Gasteiger partial charge in [-0.05, 0) is 39.0 Å². The molecule has 25 heavy (non-hydrogen) atoms. The average Bonchev–Trinajstić information content (AvgIpc) is 2.59. The molecule has 1 unspecified atom stereocenters. The number of aromatic nitrogens is 1. The molecule has 2 aromatic rings. The van der Waals surface area contributed by atoms with E-state index in [9.17, 15) is 4.79 Å². The van der Waals surface area contributed by atoms with Crippen molar-refractivity contribution in [2.24, 2.45) is 0 Å². The van der Waals surface area contributed by atoms with Crippen LogP contribution >= 0.6 is 0 Å². The monoisotopic (exact) mass is 335 g/mol. The average molecular weight is 335 g/mol. The predicted molar refractivity (Wildman–Crippen MR) is 99.2 cm³/mol. The summed E-state index contributed by atoms with van der Waals surface area (Å²) in [6.07, 6.45) is 1.71. The molecule has 6 heteroatoms. The molecule has 0 saturated heterocycles. The van der Waals surface area contributed by atoms with Crippen LogP contribution in [0.4, 0.5) is 22.9 Å². The number of carbonyl (C=O) groups excluding carboxylic acids is 1. The Balaban J connectivity index is 2.00. The third-order valence-electron chi connectivity index (χ3n) is 4.43. The summed E-state index contributed by atoms with van der Waals surface area (Å²) in [5.41, 5.74) is 3.16. The van der Waals surface area contributed by atoms with Crippen LogP contribution in [0.5, 0.6) is 0 Å². The standard InChI is InChI=1S/C19H21N5O/c1-12(2)24-13(3)19(25)23(4)17-11-21-18(9-16(17)24)22-15-7-5-6-14(8-15)10-20/h5-9,11-13H,1-4H3,(H,21,22). The van der Waals surface area contributed by atoms with E-state index in [1.165, 1.54) is 0 Å². The van der Waals surface area contributed by atoms with E-state index in [1.807, 2.05) is 25.1 Å². The molecule has 0 fully saturated rings. The van der Waals surface area contributed by atoms with Gasteiger partial charge in [0.15, 0.2) is 0 Å².